The van der Waals surface area contributed by atoms with Gasteiger partial charge in [-0.2, -0.15) is 0 Å². The van der Waals surface area contributed by atoms with Gasteiger partial charge in [-0.25, -0.2) is 0 Å². The van der Waals surface area contributed by atoms with Gasteiger partial charge in [0.05, 0.1) is 39.1 Å². The molecule has 0 saturated carbocycles. The van der Waals surface area contributed by atoms with Gasteiger partial charge in [0.1, 0.15) is 18.3 Å². The lowest BCUT2D eigenvalue weighted by Crippen LogP contribution is -2.44. The SMILES string of the molecule is CCCCCCCCC(CCCOCC1CO1)C(OC)(OC)OC.CO[Si](CCCOCC1OC1CCCOCC1CO1)(OC)OC. The second-order valence-electron chi connectivity index (χ2n) is 12.5. The minimum Gasteiger partial charge on any atom is -0.379 e. The molecule has 47 heavy (non-hydrogen) atoms. The second kappa shape index (κ2) is 25.7. The largest absolute Gasteiger partial charge is 0.500 e. The first-order chi connectivity index (χ1) is 22.9. The molecule has 12 nitrogen and oxygen atoms in total. The van der Waals surface area contributed by atoms with Crippen molar-refractivity contribution in [2.75, 3.05) is 95.5 Å². The summed E-state index contributed by atoms with van der Waals surface area (Å²) < 4.78 is 65.5. The number of hydrogen-bond acceptors (Lipinski definition) is 12. The van der Waals surface area contributed by atoms with Crippen LogP contribution < -0.4 is 0 Å². The Labute approximate surface area is 286 Å². The summed E-state index contributed by atoms with van der Waals surface area (Å²) in [6.45, 7) is 8.25. The molecule has 0 aromatic heterocycles. The van der Waals surface area contributed by atoms with Crippen molar-refractivity contribution in [1.29, 1.82) is 0 Å². The summed E-state index contributed by atoms with van der Waals surface area (Å²) in [4.78, 5) is 0. The van der Waals surface area contributed by atoms with E-state index >= 15 is 0 Å². The summed E-state index contributed by atoms with van der Waals surface area (Å²) in [5, 5.41) is 0. The van der Waals surface area contributed by atoms with E-state index in [0.29, 0.717) is 38.1 Å². The fourth-order valence-corrected chi connectivity index (χ4v) is 7.41. The van der Waals surface area contributed by atoms with Gasteiger partial charge in [-0.3, -0.25) is 0 Å². The molecular formula is C34H68O12Si. The average molecular weight is 697 g/mol. The van der Waals surface area contributed by atoms with Crippen LogP contribution in [0.4, 0.5) is 0 Å². The molecule has 0 aromatic rings. The molecule has 0 bridgehead atoms. The monoisotopic (exact) mass is 696 g/mol. The summed E-state index contributed by atoms with van der Waals surface area (Å²) in [5.41, 5.74) is 0. The van der Waals surface area contributed by atoms with Gasteiger partial charge in [-0.15, -0.1) is 0 Å². The fraction of sp³-hybridized carbons (Fsp3) is 1.00. The zero-order valence-corrected chi connectivity index (χ0v) is 31.6. The standard InChI is InChI=1S/C19H38O5.C15H30O7Si/c1-5-6-7-8-9-10-12-17(19(20-2,21-3)22-4)13-11-14-23-15-18-16-24-18;1-16-23(17-2,18-3)9-5-8-20-12-15-14(22-15)6-4-7-19-10-13-11-21-13/h17-18H,5-16H2,1-4H3;13-15H,4-12H2,1-3H3. The van der Waals surface area contributed by atoms with E-state index in [0.717, 1.165) is 77.6 Å². The van der Waals surface area contributed by atoms with E-state index in [1.165, 1.54) is 38.5 Å². The minimum absolute atomic E-state index is 0.212. The van der Waals surface area contributed by atoms with E-state index in [2.05, 4.69) is 6.92 Å². The van der Waals surface area contributed by atoms with Crippen molar-refractivity contribution in [3.05, 3.63) is 0 Å². The second-order valence-corrected chi connectivity index (χ2v) is 15.6. The van der Waals surface area contributed by atoms with Crippen molar-refractivity contribution in [2.24, 2.45) is 5.92 Å². The van der Waals surface area contributed by atoms with Gasteiger partial charge >= 0.3 is 8.80 Å². The van der Waals surface area contributed by atoms with Gasteiger partial charge in [-0.05, 0) is 38.5 Å². The van der Waals surface area contributed by atoms with Crippen LogP contribution in [0.2, 0.25) is 6.04 Å². The van der Waals surface area contributed by atoms with E-state index in [1.54, 1.807) is 42.7 Å². The zero-order chi connectivity index (χ0) is 34.2. The molecule has 0 N–H and O–H groups in total. The Morgan fingerprint density at radius 2 is 1.13 bits per heavy atom. The summed E-state index contributed by atoms with van der Waals surface area (Å²) in [6.07, 6.45) is 14.9. The van der Waals surface area contributed by atoms with Gasteiger partial charge in [0.25, 0.3) is 5.97 Å². The number of unbranched alkanes of at least 4 members (excludes halogenated alkanes) is 5. The first kappa shape index (κ1) is 42.9. The smallest absolute Gasteiger partial charge is 0.379 e. The molecule has 0 aliphatic carbocycles. The van der Waals surface area contributed by atoms with Crippen LogP contribution in [0.1, 0.15) is 84.0 Å². The van der Waals surface area contributed by atoms with Crippen molar-refractivity contribution in [1.82, 2.24) is 0 Å². The molecule has 3 rings (SSSR count). The van der Waals surface area contributed by atoms with Gasteiger partial charge in [0, 0.05) is 74.4 Å². The molecule has 13 heteroatoms. The Morgan fingerprint density at radius 1 is 0.617 bits per heavy atom. The van der Waals surface area contributed by atoms with Crippen molar-refractivity contribution in [2.45, 2.75) is 120 Å². The van der Waals surface area contributed by atoms with Crippen LogP contribution in [0, 0.1) is 5.92 Å². The molecule has 3 heterocycles. The lowest BCUT2D eigenvalue weighted by Gasteiger charge is -2.36. The molecule has 3 fully saturated rings. The topological polar surface area (TPSA) is 121 Å². The molecule has 3 aliphatic rings. The molecule has 3 aliphatic heterocycles. The van der Waals surface area contributed by atoms with Crippen LogP contribution in [0.3, 0.4) is 0 Å². The Balaban J connectivity index is 0.000000327. The summed E-state index contributed by atoms with van der Waals surface area (Å²) >= 11 is 0. The maximum absolute atomic E-state index is 5.67. The van der Waals surface area contributed by atoms with Crippen LogP contribution in [0.15, 0.2) is 0 Å². The lowest BCUT2D eigenvalue weighted by atomic mass is 9.93. The highest BCUT2D eigenvalue weighted by Crippen LogP contribution is 2.32. The third-order valence-electron chi connectivity index (χ3n) is 8.96. The fourth-order valence-electron chi connectivity index (χ4n) is 5.72. The molecule has 0 radical (unpaired) electrons. The molecule has 3 saturated heterocycles. The van der Waals surface area contributed by atoms with Crippen LogP contribution >= 0.6 is 0 Å². The van der Waals surface area contributed by atoms with E-state index in [1.807, 2.05) is 0 Å². The maximum Gasteiger partial charge on any atom is 0.500 e. The van der Waals surface area contributed by atoms with Crippen LogP contribution in [-0.4, -0.2) is 135 Å². The molecule has 5 unspecified atom stereocenters. The first-order valence-corrected chi connectivity index (χ1v) is 19.8. The van der Waals surface area contributed by atoms with Crippen LogP contribution in [0.5, 0.6) is 0 Å². The van der Waals surface area contributed by atoms with Crippen LogP contribution in [-0.2, 0) is 55.9 Å². The lowest BCUT2D eigenvalue weighted by molar-refractivity contribution is -0.380. The maximum atomic E-state index is 5.67. The number of ether oxygens (including phenoxy) is 9. The van der Waals surface area contributed by atoms with Crippen molar-refractivity contribution < 1.29 is 55.9 Å². The number of rotatable bonds is 32. The Kier molecular flexibility index (Phi) is 23.4. The van der Waals surface area contributed by atoms with E-state index < -0.39 is 14.8 Å². The highest BCUT2D eigenvalue weighted by atomic mass is 28.4. The van der Waals surface area contributed by atoms with Gasteiger partial charge < -0.3 is 55.9 Å². The Morgan fingerprint density at radius 3 is 1.68 bits per heavy atom. The van der Waals surface area contributed by atoms with Gasteiger partial charge in [-0.1, -0.05) is 45.4 Å². The van der Waals surface area contributed by atoms with Crippen LogP contribution in [0.25, 0.3) is 0 Å². The third-order valence-corrected chi connectivity index (χ3v) is 11.8. The van der Waals surface area contributed by atoms with Gasteiger partial charge in [0.2, 0.25) is 0 Å². The third kappa shape index (κ3) is 18.5. The Hall–Kier alpha value is -0.263. The highest BCUT2D eigenvalue weighted by molar-refractivity contribution is 6.60. The van der Waals surface area contributed by atoms with Crippen molar-refractivity contribution >= 4 is 8.80 Å². The van der Waals surface area contributed by atoms with Crippen molar-refractivity contribution in [3.63, 3.8) is 0 Å². The number of methoxy groups -OCH3 is 3. The zero-order valence-electron chi connectivity index (χ0n) is 30.6. The summed E-state index contributed by atoms with van der Waals surface area (Å²) in [7, 11) is 7.40. The first-order valence-electron chi connectivity index (χ1n) is 17.9. The number of epoxide rings is 3. The van der Waals surface area contributed by atoms with E-state index in [4.69, 9.17) is 55.9 Å². The van der Waals surface area contributed by atoms with E-state index in [9.17, 15) is 0 Å². The normalized spacial score (nSPS) is 22.5. The molecule has 0 aromatic carbocycles. The number of hydrogen-bond donors (Lipinski definition) is 0. The minimum atomic E-state index is -2.46. The molecule has 280 valence electrons. The quantitative estimate of drug-likeness (QED) is 0.0389. The molecule has 0 amide bonds. The van der Waals surface area contributed by atoms with Gasteiger partial charge in [0.15, 0.2) is 0 Å². The molecule has 5 atom stereocenters. The predicted molar refractivity (Wildman–Crippen MR) is 181 cm³/mol. The highest BCUT2D eigenvalue weighted by Gasteiger charge is 2.40. The average Bonchev–Trinajstić information content (AvgIpc) is 3.97. The van der Waals surface area contributed by atoms with E-state index in [-0.39, 0.29) is 12.0 Å². The molecule has 0 spiro atoms. The summed E-state index contributed by atoms with van der Waals surface area (Å²) in [6, 6.07) is 0.757. The summed E-state index contributed by atoms with van der Waals surface area (Å²) in [5.74, 6) is -0.729. The van der Waals surface area contributed by atoms with Crippen molar-refractivity contribution in [3.8, 4) is 0 Å². The predicted octanol–water partition coefficient (Wildman–Crippen LogP) is 5.38. The Bertz CT molecular complexity index is 717. The molecular weight excluding hydrogens is 628 g/mol.